The highest BCUT2D eigenvalue weighted by Crippen LogP contribution is 2.15. The van der Waals surface area contributed by atoms with Crippen molar-refractivity contribution in [1.29, 1.82) is 0 Å². The minimum Gasteiger partial charge on any atom is -0.368 e. The van der Waals surface area contributed by atoms with Crippen LogP contribution in [-0.4, -0.2) is 58.2 Å². The van der Waals surface area contributed by atoms with Gasteiger partial charge in [-0.15, -0.1) is 0 Å². The predicted octanol–water partition coefficient (Wildman–Crippen LogP) is -0.639. The number of primary amides is 1. The van der Waals surface area contributed by atoms with Gasteiger partial charge in [0.15, 0.2) is 0 Å². The smallest absolute Gasteiger partial charge is 0.246 e. The molecule has 0 heterocycles. The summed E-state index contributed by atoms with van der Waals surface area (Å²) in [6.45, 7) is 10.9. The topological polar surface area (TPSA) is 208 Å². The number of amides is 5. The quantitative estimate of drug-likeness (QED) is 0.170. The van der Waals surface area contributed by atoms with Gasteiger partial charge in [0.1, 0.15) is 22.2 Å². The lowest BCUT2D eigenvalue weighted by atomic mass is 9.95. The molecule has 31 heavy (non-hydrogen) atoms. The molecule has 0 aliphatic rings. The number of carbonyl (C=O) groups is 5. The molecule has 0 aliphatic carbocycles. The van der Waals surface area contributed by atoms with Crippen LogP contribution in [0.1, 0.15) is 55.4 Å². The molecule has 0 radical (unpaired) electrons. The van der Waals surface area contributed by atoms with Gasteiger partial charge in [0.05, 0.1) is 6.54 Å². The van der Waals surface area contributed by atoms with Crippen molar-refractivity contribution < 1.29 is 24.0 Å². The molecule has 0 aromatic heterocycles. The van der Waals surface area contributed by atoms with Crippen molar-refractivity contribution in [3.05, 3.63) is 10.4 Å². The molecule has 13 heteroatoms. The van der Waals surface area contributed by atoms with Gasteiger partial charge in [0.2, 0.25) is 29.5 Å². The van der Waals surface area contributed by atoms with E-state index in [1.807, 2.05) is 0 Å². The van der Waals surface area contributed by atoms with E-state index in [0.717, 1.165) is 0 Å². The van der Waals surface area contributed by atoms with Crippen molar-refractivity contribution in [3.63, 3.8) is 0 Å². The summed E-state index contributed by atoms with van der Waals surface area (Å²) < 4.78 is 0. The zero-order chi connectivity index (χ0) is 24.8. The lowest BCUT2D eigenvalue weighted by Crippen LogP contribution is -2.66. The third-order valence-electron chi connectivity index (χ3n) is 4.25. The molecule has 0 atom stereocenters. The van der Waals surface area contributed by atoms with Gasteiger partial charge in [-0.3, -0.25) is 24.0 Å². The number of nitrogens with zero attached hydrogens (tertiary/aromatic N) is 3. The molecule has 13 nitrogen and oxygen atoms in total. The van der Waals surface area contributed by atoms with E-state index >= 15 is 0 Å². The van der Waals surface area contributed by atoms with Crippen LogP contribution >= 0.6 is 0 Å². The second-order valence-corrected chi connectivity index (χ2v) is 9.13. The highest BCUT2D eigenvalue weighted by atomic mass is 16.2. The van der Waals surface area contributed by atoms with Gasteiger partial charge < -0.3 is 27.0 Å². The average molecular weight is 441 g/mol. The number of azide groups is 1. The first kappa shape index (κ1) is 27.7. The maximum atomic E-state index is 12.7. The monoisotopic (exact) mass is 440 g/mol. The van der Waals surface area contributed by atoms with E-state index in [-0.39, 0.29) is 0 Å². The zero-order valence-electron chi connectivity index (χ0n) is 19.2. The molecule has 0 unspecified atom stereocenters. The second-order valence-electron chi connectivity index (χ2n) is 9.13. The second kappa shape index (κ2) is 9.65. The number of nitrogens with two attached hydrogens (primary N) is 1. The number of carbonyl (C=O) groups excluding carboxylic acids is 5. The van der Waals surface area contributed by atoms with Gasteiger partial charge in [0.25, 0.3) is 0 Å². The summed E-state index contributed by atoms with van der Waals surface area (Å²) in [7, 11) is 0. The van der Waals surface area contributed by atoms with Crippen LogP contribution in [-0.2, 0) is 24.0 Å². The summed E-state index contributed by atoms with van der Waals surface area (Å²) in [6, 6.07) is 0. The molecular weight excluding hydrogens is 408 g/mol. The Bertz CT molecular complexity index is 810. The summed E-state index contributed by atoms with van der Waals surface area (Å²) in [4.78, 5) is 63.4. The Kier molecular flexibility index (Phi) is 8.61. The highest BCUT2D eigenvalue weighted by molar-refractivity contribution is 5.99. The molecule has 0 saturated carbocycles. The van der Waals surface area contributed by atoms with Crippen LogP contribution in [0.25, 0.3) is 10.4 Å². The van der Waals surface area contributed by atoms with Gasteiger partial charge in [-0.25, -0.2) is 0 Å². The summed E-state index contributed by atoms with van der Waals surface area (Å²) in [5.74, 6) is -3.43. The van der Waals surface area contributed by atoms with Crippen LogP contribution in [0, 0.1) is 0 Å². The first-order valence-corrected chi connectivity index (χ1v) is 9.39. The molecule has 0 fully saturated rings. The van der Waals surface area contributed by atoms with E-state index in [9.17, 15) is 24.0 Å². The van der Waals surface area contributed by atoms with E-state index in [4.69, 9.17) is 11.3 Å². The van der Waals surface area contributed by atoms with Crippen LogP contribution in [0.15, 0.2) is 5.11 Å². The van der Waals surface area contributed by atoms with Crippen molar-refractivity contribution in [2.24, 2.45) is 10.8 Å². The Morgan fingerprint density at radius 3 is 1.45 bits per heavy atom. The van der Waals surface area contributed by atoms with E-state index in [1.165, 1.54) is 55.4 Å². The third-order valence-corrected chi connectivity index (χ3v) is 4.25. The van der Waals surface area contributed by atoms with Crippen molar-refractivity contribution in [2.45, 2.75) is 77.5 Å². The van der Waals surface area contributed by atoms with Gasteiger partial charge in [0, 0.05) is 4.91 Å². The minimum atomic E-state index is -1.47. The standard InChI is InChI=1S/C18H32N8O5/c1-15(2,11(28)21-9-10(19)27)22-12(29)16(3,4)23-13(30)17(5,6)24-14(31)18(7,8)25-26-20/h9H2,1-8H3,(H2,19,27)(H,21,28)(H,22,29)(H,23,30)(H,24,31). The van der Waals surface area contributed by atoms with Crippen molar-refractivity contribution in [3.8, 4) is 0 Å². The Morgan fingerprint density at radius 2 is 1.10 bits per heavy atom. The molecule has 6 N–H and O–H groups in total. The van der Waals surface area contributed by atoms with Crippen LogP contribution in [0.3, 0.4) is 0 Å². The first-order valence-electron chi connectivity index (χ1n) is 9.39. The molecule has 0 aromatic carbocycles. The molecule has 0 spiro atoms. The fourth-order valence-electron chi connectivity index (χ4n) is 2.03. The van der Waals surface area contributed by atoms with Crippen LogP contribution in [0.2, 0.25) is 0 Å². The van der Waals surface area contributed by atoms with Gasteiger partial charge in [-0.1, -0.05) is 5.11 Å². The maximum Gasteiger partial charge on any atom is 0.246 e. The summed E-state index contributed by atoms with van der Waals surface area (Å²) in [5.41, 5.74) is 7.80. The highest BCUT2D eigenvalue weighted by Gasteiger charge is 2.41. The van der Waals surface area contributed by atoms with E-state index < -0.39 is 58.2 Å². The third kappa shape index (κ3) is 8.13. The Labute approximate surface area is 180 Å². The lowest BCUT2D eigenvalue weighted by molar-refractivity contribution is -0.140. The SMILES string of the molecule is CC(C)(N=[N+]=[N-])C(=O)NC(C)(C)C(=O)NC(C)(C)C(=O)NC(C)(C)C(=O)NCC(N)=O. The molecule has 5 amide bonds. The zero-order valence-corrected chi connectivity index (χ0v) is 19.2. The Hall–Kier alpha value is -3.34. The number of rotatable bonds is 10. The van der Waals surface area contributed by atoms with E-state index in [1.54, 1.807) is 0 Å². The first-order chi connectivity index (χ1) is 13.8. The van der Waals surface area contributed by atoms with Crippen LogP contribution < -0.4 is 27.0 Å². The molecule has 0 saturated heterocycles. The fraction of sp³-hybridized carbons (Fsp3) is 0.722. The van der Waals surface area contributed by atoms with Crippen molar-refractivity contribution in [2.75, 3.05) is 6.54 Å². The maximum absolute atomic E-state index is 12.7. The predicted molar refractivity (Wildman–Crippen MR) is 112 cm³/mol. The normalized spacial score (nSPS) is 12.1. The molecule has 0 bridgehead atoms. The van der Waals surface area contributed by atoms with Crippen LogP contribution in [0.5, 0.6) is 0 Å². The summed E-state index contributed by atoms with van der Waals surface area (Å²) >= 11 is 0. The van der Waals surface area contributed by atoms with Gasteiger partial charge in [-0.2, -0.15) is 0 Å². The van der Waals surface area contributed by atoms with Crippen molar-refractivity contribution in [1.82, 2.24) is 21.3 Å². The van der Waals surface area contributed by atoms with Gasteiger partial charge >= 0.3 is 0 Å². The Balaban J connectivity index is 5.28. The number of nitrogens with one attached hydrogen (secondary N) is 4. The van der Waals surface area contributed by atoms with E-state index in [0.29, 0.717) is 0 Å². The van der Waals surface area contributed by atoms with Crippen molar-refractivity contribution >= 4 is 29.5 Å². The fourth-order valence-corrected chi connectivity index (χ4v) is 2.03. The average Bonchev–Trinajstić information content (AvgIpc) is 2.58. The van der Waals surface area contributed by atoms with Gasteiger partial charge in [-0.05, 0) is 60.9 Å². The number of hydrogen-bond acceptors (Lipinski definition) is 6. The molecule has 174 valence electrons. The number of hydrogen-bond donors (Lipinski definition) is 5. The summed E-state index contributed by atoms with van der Waals surface area (Å²) in [6.07, 6.45) is 0. The van der Waals surface area contributed by atoms with E-state index in [2.05, 4.69) is 31.3 Å². The molecule has 0 aromatic rings. The lowest BCUT2D eigenvalue weighted by Gasteiger charge is -2.35. The van der Waals surface area contributed by atoms with Crippen LogP contribution in [0.4, 0.5) is 0 Å². The largest absolute Gasteiger partial charge is 0.368 e. The molecular formula is C18H32N8O5. The Morgan fingerprint density at radius 1 is 0.742 bits per heavy atom. The minimum absolute atomic E-state index is 0.391. The summed E-state index contributed by atoms with van der Waals surface area (Å²) in [5, 5.41) is 13.2. The molecule has 0 aliphatic heterocycles. The molecule has 0 rings (SSSR count).